The van der Waals surface area contributed by atoms with Crippen molar-refractivity contribution in [2.24, 2.45) is 0 Å². The predicted molar refractivity (Wildman–Crippen MR) is 74.3 cm³/mol. The third-order valence-corrected chi connectivity index (χ3v) is 5.26. The highest BCUT2D eigenvalue weighted by Gasteiger charge is 2.30. The standard InChI is InChI=1S/C11H14ClN3O4S/c1-8-7-14(5-4-13-8)20(18,19)9-2-3-10(12)11(6-9)15(16)17/h2-3,6,8,13H,4-5,7H2,1H3/t8-/m1/s1. The number of nitro benzene ring substituents is 1. The van der Waals surface area contributed by atoms with Gasteiger partial charge in [-0.15, -0.1) is 0 Å². The Morgan fingerprint density at radius 2 is 2.20 bits per heavy atom. The van der Waals surface area contributed by atoms with Crippen LogP contribution in [-0.4, -0.2) is 43.3 Å². The van der Waals surface area contributed by atoms with Crippen molar-refractivity contribution in [2.45, 2.75) is 17.9 Å². The van der Waals surface area contributed by atoms with Crippen LogP contribution in [0.15, 0.2) is 23.1 Å². The zero-order chi connectivity index (χ0) is 14.9. The number of benzene rings is 1. The number of piperazine rings is 1. The van der Waals surface area contributed by atoms with Crippen LogP contribution in [0.3, 0.4) is 0 Å². The lowest BCUT2D eigenvalue weighted by Crippen LogP contribution is -2.51. The Bertz CT molecular complexity index is 635. The highest BCUT2D eigenvalue weighted by atomic mass is 35.5. The minimum atomic E-state index is -3.74. The van der Waals surface area contributed by atoms with Crippen molar-refractivity contribution < 1.29 is 13.3 Å². The van der Waals surface area contributed by atoms with Crippen LogP contribution in [0, 0.1) is 10.1 Å². The molecule has 0 aliphatic carbocycles. The molecule has 1 heterocycles. The summed E-state index contributed by atoms with van der Waals surface area (Å²) in [6.45, 7) is 3.10. The molecule has 1 aliphatic heterocycles. The number of hydrogen-bond acceptors (Lipinski definition) is 5. The molecule has 0 spiro atoms. The van der Waals surface area contributed by atoms with E-state index in [-0.39, 0.29) is 16.0 Å². The Kier molecular flexibility index (Phi) is 4.28. The Balaban J connectivity index is 2.39. The molecule has 1 fully saturated rings. The average Bonchev–Trinajstić information content (AvgIpc) is 2.38. The fraction of sp³-hybridized carbons (Fsp3) is 0.455. The van der Waals surface area contributed by atoms with Crippen LogP contribution < -0.4 is 5.32 Å². The Labute approximate surface area is 121 Å². The maximum absolute atomic E-state index is 12.5. The topological polar surface area (TPSA) is 92.5 Å². The van der Waals surface area contributed by atoms with Crippen LogP contribution in [0.5, 0.6) is 0 Å². The number of nitrogens with one attached hydrogen (secondary N) is 1. The number of sulfonamides is 1. The summed E-state index contributed by atoms with van der Waals surface area (Å²) in [6.07, 6.45) is 0. The maximum Gasteiger partial charge on any atom is 0.289 e. The van der Waals surface area contributed by atoms with E-state index in [1.54, 1.807) is 0 Å². The second-order valence-electron chi connectivity index (χ2n) is 4.59. The zero-order valence-corrected chi connectivity index (χ0v) is 12.3. The van der Waals surface area contributed by atoms with Crippen molar-refractivity contribution in [3.05, 3.63) is 33.3 Å². The molecule has 0 aromatic heterocycles. The van der Waals surface area contributed by atoms with Gasteiger partial charge < -0.3 is 5.32 Å². The van der Waals surface area contributed by atoms with Gasteiger partial charge in [0.1, 0.15) is 5.02 Å². The second kappa shape index (κ2) is 5.65. The molecule has 1 aromatic carbocycles. The molecule has 110 valence electrons. The van der Waals surface area contributed by atoms with E-state index in [1.165, 1.54) is 16.4 Å². The normalized spacial score (nSPS) is 20.8. The minimum absolute atomic E-state index is 0.0424. The number of nitrogens with zero attached hydrogens (tertiary/aromatic N) is 2. The van der Waals surface area contributed by atoms with Crippen LogP contribution in [0.4, 0.5) is 5.69 Å². The lowest BCUT2D eigenvalue weighted by atomic mass is 10.3. The van der Waals surface area contributed by atoms with Gasteiger partial charge in [0.05, 0.1) is 9.82 Å². The molecule has 0 bridgehead atoms. The molecule has 1 N–H and O–H groups in total. The first kappa shape index (κ1) is 15.2. The summed E-state index contributed by atoms with van der Waals surface area (Å²) in [7, 11) is -3.74. The molecule has 0 amide bonds. The first-order valence-corrected chi connectivity index (χ1v) is 7.81. The van der Waals surface area contributed by atoms with Crippen molar-refractivity contribution in [1.29, 1.82) is 0 Å². The molecule has 9 heteroatoms. The Morgan fingerprint density at radius 1 is 1.50 bits per heavy atom. The Hall–Kier alpha value is -1.22. The van der Waals surface area contributed by atoms with Gasteiger partial charge in [0.2, 0.25) is 10.0 Å². The summed E-state index contributed by atoms with van der Waals surface area (Å²) in [4.78, 5) is 10.0. The molecule has 0 radical (unpaired) electrons. The van der Waals surface area contributed by atoms with Gasteiger partial charge in [-0.25, -0.2) is 8.42 Å². The SMILES string of the molecule is C[C@@H]1CN(S(=O)(=O)c2ccc(Cl)c([N+](=O)[O-])c2)CCN1. The summed E-state index contributed by atoms with van der Waals surface area (Å²) in [5.74, 6) is 0. The summed E-state index contributed by atoms with van der Waals surface area (Å²) < 4.78 is 26.2. The average molecular weight is 320 g/mol. The lowest BCUT2D eigenvalue weighted by molar-refractivity contribution is -0.384. The van der Waals surface area contributed by atoms with Crippen molar-refractivity contribution in [1.82, 2.24) is 9.62 Å². The van der Waals surface area contributed by atoms with Crippen molar-refractivity contribution >= 4 is 27.3 Å². The molecule has 0 unspecified atom stereocenters. The van der Waals surface area contributed by atoms with Gasteiger partial charge in [-0.2, -0.15) is 4.31 Å². The maximum atomic E-state index is 12.5. The van der Waals surface area contributed by atoms with Crippen molar-refractivity contribution in [3.8, 4) is 0 Å². The molecule has 0 saturated carbocycles. The van der Waals surface area contributed by atoms with E-state index in [0.717, 1.165) is 6.07 Å². The number of hydrogen-bond donors (Lipinski definition) is 1. The molecule has 1 atom stereocenters. The summed E-state index contributed by atoms with van der Waals surface area (Å²) in [5, 5.41) is 13.9. The smallest absolute Gasteiger partial charge is 0.289 e. The number of rotatable bonds is 3. The third-order valence-electron chi connectivity index (χ3n) is 3.08. The van der Waals surface area contributed by atoms with Gasteiger partial charge >= 0.3 is 0 Å². The summed E-state index contributed by atoms with van der Waals surface area (Å²) in [6, 6.07) is 3.57. The van der Waals surface area contributed by atoms with Crippen molar-refractivity contribution in [2.75, 3.05) is 19.6 Å². The van der Waals surface area contributed by atoms with Gasteiger partial charge in [-0.3, -0.25) is 10.1 Å². The van der Waals surface area contributed by atoms with Crippen molar-refractivity contribution in [3.63, 3.8) is 0 Å². The quantitative estimate of drug-likeness (QED) is 0.668. The van der Waals surface area contributed by atoms with E-state index in [4.69, 9.17) is 11.6 Å². The second-order valence-corrected chi connectivity index (χ2v) is 6.93. The van der Waals surface area contributed by atoms with E-state index in [0.29, 0.717) is 19.6 Å². The van der Waals surface area contributed by atoms with Gasteiger partial charge in [0, 0.05) is 31.7 Å². The van der Waals surface area contributed by atoms with Crippen LogP contribution in [0.1, 0.15) is 6.92 Å². The number of nitro groups is 1. The van der Waals surface area contributed by atoms with Gasteiger partial charge in [0.15, 0.2) is 0 Å². The van der Waals surface area contributed by atoms with Crippen LogP contribution in [0.25, 0.3) is 0 Å². The Morgan fingerprint density at radius 3 is 2.80 bits per heavy atom. The van der Waals surface area contributed by atoms with E-state index < -0.39 is 20.6 Å². The van der Waals surface area contributed by atoms with Crippen LogP contribution >= 0.6 is 11.6 Å². The van der Waals surface area contributed by atoms with Crippen LogP contribution in [0.2, 0.25) is 5.02 Å². The van der Waals surface area contributed by atoms with E-state index in [1.807, 2.05) is 6.92 Å². The third kappa shape index (κ3) is 2.93. The molecular weight excluding hydrogens is 306 g/mol. The molecule has 1 aliphatic rings. The summed E-state index contributed by atoms with van der Waals surface area (Å²) in [5.41, 5.74) is -0.407. The molecule has 2 rings (SSSR count). The molecule has 1 saturated heterocycles. The van der Waals surface area contributed by atoms with Crippen LogP contribution in [-0.2, 0) is 10.0 Å². The van der Waals surface area contributed by atoms with E-state index in [2.05, 4.69) is 5.32 Å². The molecule has 20 heavy (non-hydrogen) atoms. The monoisotopic (exact) mass is 319 g/mol. The minimum Gasteiger partial charge on any atom is -0.312 e. The first-order chi connectivity index (χ1) is 9.32. The van der Waals surface area contributed by atoms with E-state index in [9.17, 15) is 18.5 Å². The van der Waals surface area contributed by atoms with Gasteiger partial charge in [-0.1, -0.05) is 11.6 Å². The largest absolute Gasteiger partial charge is 0.312 e. The highest BCUT2D eigenvalue weighted by Crippen LogP contribution is 2.28. The molecule has 7 nitrogen and oxygen atoms in total. The summed E-state index contributed by atoms with van der Waals surface area (Å²) >= 11 is 5.69. The highest BCUT2D eigenvalue weighted by molar-refractivity contribution is 7.89. The van der Waals surface area contributed by atoms with E-state index >= 15 is 0 Å². The fourth-order valence-electron chi connectivity index (χ4n) is 2.06. The fourth-order valence-corrected chi connectivity index (χ4v) is 3.79. The van der Waals surface area contributed by atoms with Gasteiger partial charge in [-0.05, 0) is 19.1 Å². The molecule has 1 aromatic rings. The number of halogens is 1. The predicted octanol–water partition coefficient (Wildman–Crippen LogP) is 1.23. The first-order valence-electron chi connectivity index (χ1n) is 6.00. The molecular formula is C11H14ClN3O4S. The lowest BCUT2D eigenvalue weighted by Gasteiger charge is -2.30. The van der Waals surface area contributed by atoms with Gasteiger partial charge in [0.25, 0.3) is 5.69 Å². The zero-order valence-electron chi connectivity index (χ0n) is 10.7.